The molecule has 0 aromatic heterocycles. The van der Waals surface area contributed by atoms with Crippen molar-refractivity contribution >= 4 is 28.9 Å². The van der Waals surface area contributed by atoms with Gasteiger partial charge in [-0.2, -0.15) is 5.26 Å². The first-order valence-electron chi connectivity index (χ1n) is 9.66. The van der Waals surface area contributed by atoms with Crippen LogP contribution in [0.5, 0.6) is 5.75 Å². The predicted molar refractivity (Wildman–Crippen MR) is 119 cm³/mol. The van der Waals surface area contributed by atoms with E-state index in [1.54, 1.807) is 24.3 Å². The Morgan fingerprint density at radius 1 is 1.39 bits per heavy atom. The van der Waals surface area contributed by atoms with Gasteiger partial charge in [-0.05, 0) is 25.1 Å². The van der Waals surface area contributed by atoms with Crippen molar-refractivity contribution in [2.24, 2.45) is 10.7 Å². The molecule has 2 aromatic carbocycles. The number of guanidine groups is 1. The molecule has 3 rings (SSSR count). The summed E-state index contributed by atoms with van der Waals surface area (Å²) in [6.45, 7) is 1.53. The van der Waals surface area contributed by atoms with Crippen LogP contribution in [0, 0.1) is 21.6 Å². The fraction of sp³-hybridized carbons (Fsp3) is 0.333. The minimum atomic E-state index is -1.52. The number of rotatable bonds is 6. The standard InChI is InChI=1S/C21H22ClN5O6/c1-21(19(31-2)32-3)18(28)17(13-10-12(27(29)30)8-9-16(13)33-21)26(11-23)20(24)25-15-7-5-4-6-14(15)22/h4-10,17-19,28H,1-3H3,(H2,24,25). The summed E-state index contributed by atoms with van der Waals surface area (Å²) in [6.07, 6.45) is -0.633. The van der Waals surface area contributed by atoms with Gasteiger partial charge in [0.15, 0.2) is 18.1 Å². The third-order valence-corrected chi connectivity index (χ3v) is 5.68. The maximum Gasteiger partial charge on any atom is 0.270 e. The van der Waals surface area contributed by atoms with Crippen LogP contribution in [-0.2, 0) is 9.47 Å². The molecule has 3 unspecified atom stereocenters. The van der Waals surface area contributed by atoms with Gasteiger partial charge in [0, 0.05) is 31.9 Å². The van der Waals surface area contributed by atoms with Gasteiger partial charge in [0.2, 0.25) is 5.96 Å². The molecule has 3 atom stereocenters. The van der Waals surface area contributed by atoms with Crippen LogP contribution in [0.25, 0.3) is 0 Å². The number of benzene rings is 2. The monoisotopic (exact) mass is 475 g/mol. The Kier molecular flexibility index (Phi) is 7.04. The molecule has 1 heterocycles. The average molecular weight is 476 g/mol. The molecular weight excluding hydrogens is 454 g/mol. The van der Waals surface area contributed by atoms with E-state index >= 15 is 0 Å². The normalized spacial score (nSPS) is 22.3. The number of hydrogen-bond donors (Lipinski definition) is 2. The third kappa shape index (κ3) is 4.42. The third-order valence-electron chi connectivity index (χ3n) is 5.36. The number of aliphatic hydroxyl groups is 1. The van der Waals surface area contributed by atoms with Gasteiger partial charge in [0.1, 0.15) is 17.9 Å². The molecule has 3 N–H and O–H groups in total. The van der Waals surface area contributed by atoms with Gasteiger partial charge < -0.3 is 25.1 Å². The molecule has 0 radical (unpaired) electrons. The molecule has 0 saturated heterocycles. The first-order valence-corrected chi connectivity index (χ1v) is 10.0. The zero-order valence-electron chi connectivity index (χ0n) is 18.0. The molecule has 1 aliphatic heterocycles. The Labute approximate surface area is 194 Å². The van der Waals surface area contributed by atoms with E-state index in [9.17, 15) is 20.5 Å². The van der Waals surface area contributed by atoms with Gasteiger partial charge in [-0.15, -0.1) is 0 Å². The highest BCUT2D eigenvalue weighted by Crippen LogP contribution is 2.46. The van der Waals surface area contributed by atoms with E-state index < -0.39 is 29.0 Å². The summed E-state index contributed by atoms with van der Waals surface area (Å²) >= 11 is 6.15. The number of para-hydroxylation sites is 1. The number of fused-ring (bicyclic) bond motifs is 1. The number of nitriles is 1. The first kappa shape index (κ1) is 24.2. The second-order valence-electron chi connectivity index (χ2n) is 7.35. The molecule has 11 nitrogen and oxygen atoms in total. The van der Waals surface area contributed by atoms with Crippen molar-refractivity contribution in [2.45, 2.75) is 31.0 Å². The Bertz CT molecular complexity index is 1120. The van der Waals surface area contributed by atoms with Crippen molar-refractivity contribution < 1.29 is 24.2 Å². The van der Waals surface area contributed by atoms with Gasteiger partial charge in [0.05, 0.1) is 15.6 Å². The quantitative estimate of drug-likeness (QED) is 0.122. The number of nitro benzene ring substituents is 1. The number of methoxy groups -OCH3 is 2. The maximum absolute atomic E-state index is 11.4. The number of non-ortho nitro benzene ring substituents is 1. The van der Waals surface area contributed by atoms with Gasteiger partial charge in [-0.25, -0.2) is 9.89 Å². The Morgan fingerprint density at radius 3 is 2.64 bits per heavy atom. The smallest absolute Gasteiger partial charge is 0.270 e. The first-order chi connectivity index (χ1) is 15.7. The van der Waals surface area contributed by atoms with Gasteiger partial charge in [-0.1, -0.05) is 23.7 Å². The summed E-state index contributed by atoms with van der Waals surface area (Å²) in [5, 5.41) is 33.0. The van der Waals surface area contributed by atoms with Crippen LogP contribution in [0.3, 0.4) is 0 Å². The number of halogens is 1. The minimum Gasteiger partial charge on any atom is -0.479 e. The van der Waals surface area contributed by atoms with Crippen LogP contribution in [0.1, 0.15) is 18.5 Å². The lowest BCUT2D eigenvalue weighted by molar-refractivity contribution is -0.385. The predicted octanol–water partition coefficient (Wildman–Crippen LogP) is 2.85. The number of nitro groups is 1. The Balaban J connectivity index is 2.19. The summed E-state index contributed by atoms with van der Waals surface area (Å²) in [4.78, 5) is 15.9. The van der Waals surface area contributed by atoms with Crippen LogP contribution in [-0.4, -0.2) is 53.1 Å². The van der Waals surface area contributed by atoms with Crippen LogP contribution in [0.15, 0.2) is 47.5 Å². The van der Waals surface area contributed by atoms with E-state index in [4.69, 9.17) is 31.5 Å². The van der Waals surface area contributed by atoms with Crippen molar-refractivity contribution in [1.82, 2.24) is 4.90 Å². The lowest BCUT2D eigenvalue weighted by atomic mass is 9.83. The zero-order chi connectivity index (χ0) is 24.3. The zero-order valence-corrected chi connectivity index (χ0v) is 18.8. The molecule has 33 heavy (non-hydrogen) atoms. The minimum absolute atomic E-state index is 0.166. The maximum atomic E-state index is 11.4. The van der Waals surface area contributed by atoms with Crippen LogP contribution in [0.4, 0.5) is 11.4 Å². The molecule has 0 amide bonds. The topological polar surface area (TPSA) is 156 Å². The van der Waals surface area contributed by atoms with Crippen molar-refractivity contribution in [3.05, 3.63) is 63.2 Å². The van der Waals surface area contributed by atoms with Crippen LogP contribution >= 0.6 is 11.6 Å². The number of ether oxygens (including phenoxy) is 3. The summed E-state index contributed by atoms with van der Waals surface area (Å²) in [6, 6.07) is 9.22. The molecule has 174 valence electrons. The molecule has 0 saturated carbocycles. The average Bonchev–Trinajstić information content (AvgIpc) is 2.78. The molecule has 0 aliphatic carbocycles. The molecule has 0 fully saturated rings. The number of aliphatic imine (C=N–C) groups is 1. The summed E-state index contributed by atoms with van der Waals surface area (Å²) in [5.41, 5.74) is 4.84. The highest BCUT2D eigenvalue weighted by Gasteiger charge is 2.54. The van der Waals surface area contributed by atoms with Crippen LogP contribution < -0.4 is 10.5 Å². The largest absolute Gasteiger partial charge is 0.479 e. The second kappa shape index (κ2) is 9.60. The molecule has 12 heteroatoms. The Hall–Kier alpha value is -3.43. The highest BCUT2D eigenvalue weighted by molar-refractivity contribution is 6.33. The van der Waals surface area contributed by atoms with Crippen molar-refractivity contribution in [3.63, 3.8) is 0 Å². The van der Waals surface area contributed by atoms with E-state index in [0.717, 1.165) is 4.90 Å². The van der Waals surface area contributed by atoms with E-state index in [1.807, 2.05) is 6.19 Å². The summed E-state index contributed by atoms with van der Waals surface area (Å²) in [7, 11) is 2.73. The molecule has 0 bridgehead atoms. The lowest BCUT2D eigenvalue weighted by Crippen LogP contribution is -2.62. The number of aliphatic hydroxyl groups excluding tert-OH is 1. The van der Waals surface area contributed by atoms with E-state index in [-0.39, 0.29) is 23.0 Å². The number of nitrogens with zero attached hydrogens (tertiary/aromatic N) is 4. The van der Waals surface area contributed by atoms with Gasteiger partial charge >= 0.3 is 0 Å². The van der Waals surface area contributed by atoms with Crippen molar-refractivity contribution in [3.8, 4) is 11.9 Å². The van der Waals surface area contributed by atoms with Crippen LogP contribution in [0.2, 0.25) is 5.02 Å². The fourth-order valence-electron chi connectivity index (χ4n) is 3.76. The summed E-state index contributed by atoms with van der Waals surface area (Å²) in [5.74, 6) is -0.106. The van der Waals surface area contributed by atoms with Crippen molar-refractivity contribution in [1.29, 1.82) is 5.26 Å². The molecular formula is C21H22ClN5O6. The second-order valence-corrected chi connectivity index (χ2v) is 7.76. The number of hydrogen-bond acceptors (Lipinski definition) is 8. The summed E-state index contributed by atoms with van der Waals surface area (Å²) < 4.78 is 16.6. The van der Waals surface area contributed by atoms with E-state index in [2.05, 4.69) is 4.99 Å². The molecule has 1 aliphatic rings. The Morgan fingerprint density at radius 2 is 2.06 bits per heavy atom. The SMILES string of the molecule is COC(OC)C1(C)Oc2ccc([N+](=O)[O-])cc2C(N(C#N)C(N)=Nc2ccccc2Cl)C1O. The van der Waals surface area contributed by atoms with E-state index in [0.29, 0.717) is 10.7 Å². The lowest BCUT2D eigenvalue weighted by Gasteiger charge is -2.47. The van der Waals surface area contributed by atoms with Crippen molar-refractivity contribution in [2.75, 3.05) is 14.2 Å². The van der Waals surface area contributed by atoms with Gasteiger partial charge in [-0.3, -0.25) is 10.1 Å². The van der Waals surface area contributed by atoms with Gasteiger partial charge in [0.25, 0.3) is 5.69 Å². The number of nitrogens with two attached hydrogens (primary N) is 1. The highest BCUT2D eigenvalue weighted by atomic mass is 35.5. The fourth-order valence-corrected chi connectivity index (χ4v) is 3.94. The van der Waals surface area contributed by atoms with E-state index in [1.165, 1.54) is 39.3 Å². The molecule has 2 aromatic rings. The molecule has 0 spiro atoms.